The van der Waals surface area contributed by atoms with Crippen LogP contribution < -0.4 is 10.6 Å². The van der Waals surface area contributed by atoms with Gasteiger partial charge in [-0.2, -0.15) is 0 Å². The largest absolute Gasteiger partial charge is 0.326 e. The zero-order chi connectivity index (χ0) is 20.6. The number of pyridine rings is 1. The van der Waals surface area contributed by atoms with Crippen LogP contribution in [0, 0.1) is 6.92 Å². The molecule has 0 radical (unpaired) electrons. The predicted octanol–water partition coefficient (Wildman–Crippen LogP) is 4.91. The summed E-state index contributed by atoms with van der Waals surface area (Å²) in [6, 6.07) is 19.4. The van der Waals surface area contributed by atoms with Crippen molar-refractivity contribution < 1.29 is 4.79 Å². The van der Waals surface area contributed by atoms with Crippen LogP contribution in [0.25, 0.3) is 0 Å². The summed E-state index contributed by atoms with van der Waals surface area (Å²) in [5.41, 5.74) is 4.78. The van der Waals surface area contributed by atoms with Crippen LogP contribution in [-0.4, -0.2) is 16.9 Å². The highest BCUT2D eigenvalue weighted by Gasteiger charge is 2.10. The van der Waals surface area contributed by atoms with E-state index in [1.165, 1.54) is 5.56 Å². The Bertz CT molecular complexity index is 962. The first-order valence-electron chi connectivity index (χ1n) is 9.69. The minimum Gasteiger partial charge on any atom is -0.326 e. The maximum absolute atomic E-state index is 12.7. The third-order valence-corrected chi connectivity index (χ3v) is 4.53. The first kappa shape index (κ1) is 20.3. The van der Waals surface area contributed by atoms with E-state index >= 15 is 0 Å². The molecule has 0 aliphatic heterocycles. The van der Waals surface area contributed by atoms with Gasteiger partial charge in [0.25, 0.3) is 5.91 Å². The second-order valence-corrected chi connectivity index (χ2v) is 7.25. The van der Waals surface area contributed by atoms with Crippen molar-refractivity contribution in [2.24, 2.45) is 4.99 Å². The molecule has 2 aromatic carbocycles. The van der Waals surface area contributed by atoms with Crippen molar-refractivity contribution in [2.45, 2.75) is 33.2 Å². The molecule has 0 unspecified atom stereocenters. The molecule has 1 amide bonds. The first-order chi connectivity index (χ1) is 14.0. The van der Waals surface area contributed by atoms with Crippen LogP contribution in [0.5, 0.6) is 0 Å². The van der Waals surface area contributed by atoms with Gasteiger partial charge in [0.05, 0.1) is 6.54 Å². The number of carbonyl (C=O) groups is 1. The van der Waals surface area contributed by atoms with E-state index < -0.39 is 0 Å². The monoisotopic (exact) mass is 386 g/mol. The number of rotatable bonds is 5. The van der Waals surface area contributed by atoms with E-state index in [1.807, 2.05) is 43.3 Å². The zero-order valence-corrected chi connectivity index (χ0v) is 17.0. The van der Waals surface area contributed by atoms with Gasteiger partial charge in [0.2, 0.25) is 5.96 Å². The third kappa shape index (κ3) is 6.01. The molecule has 1 heterocycles. The zero-order valence-electron chi connectivity index (χ0n) is 17.0. The second-order valence-electron chi connectivity index (χ2n) is 7.25. The van der Waals surface area contributed by atoms with Gasteiger partial charge in [-0.05, 0) is 54.3 Å². The number of nitrogens with one attached hydrogen (secondary N) is 2. The standard InChI is InChI=1S/C24H26N4O/c1-17(2)20-10-12-22(13-11-20)27-24(26-16-19-5-4-14-25-15-19)28-23(29)21-8-6-18(3)7-9-21/h4-15,17H,16H2,1-3H3,(H2,26,27,28,29). The summed E-state index contributed by atoms with van der Waals surface area (Å²) in [6.07, 6.45) is 3.49. The Kier molecular flexibility index (Phi) is 6.74. The van der Waals surface area contributed by atoms with Crippen molar-refractivity contribution in [1.29, 1.82) is 0 Å². The molecular formula is C24H26N4O. The lowest BCUT2D eigenvalue weighted by molar-refractivity contribution is 0.0977. The number of benzene rings is 2. The molecule has 0 saturated carbocycles. The molecule has 5 heteroatoms. The summed E-state index contributed by atoms with van der Waals surface area (Å²) in [7, 11) is 0. The maximum Gasteiger partial charge on any atom is 0.257 e. The first-order valence-corrected chi connectivity index (χ1v) is 9.69. The van der Waals surface area contributed by atoms with E-state index in [9.17, 15) is 4.79 Å². The minimum absolute atomic E-state index is 0.207. The van der Waals surface area contributed by atoms with Gasteiger partial charge in [0.1, 0.15) is 0 Å². The van der Waals surface area contributed by atoms with Crippen LogP contribution in [-0.2, 0) is 6.54 Å². The average molecular weight is 386 g/mol. The number of guanidine groups is 1. The van der Waals surface area contributed by atoms with Crippen molar-refractivity contribution in [3.05, 3.63) is 95.3 Å². The Morgan fingerprint density at radius 2 is 1.76 bits per heavy atom. The van der Waals surface area contributed by atoms with Crippen LogP contribution in [0.15, 0.2) is 78.0 Å². The van der Waals surface area contributed by atoms with Crippen LogP contribution in [0.3, 0.4) is 0 Å². The predicted molar refractivity (Wildman–Crippen MR) is 118 cm³/mol. The number of hydrogen-bond acceptors (Lipinski definition) is 3. The number of nitrogens with zero attached hydrogens (tertiary/aromatic N) is 2. The van der Waals surface area contributed by atoms with Crippen LogP contribution in [0.2, 0.25) is 0 Å². The molecule has 0 spiro atoms. The van der Waals surface area contributed by atoms with E-state index in [2.05, 4.69) is 46.6 Å². The topological polar surface area (TPSA) is 66.4 Å². The van der Waals surface area contributed by atoms with Gasteiger partial charge in [0.15, 0.2) is 0 Å². The van der Waals surface area contributed by atoms with E-state index in [0.717, 1.165) is 16.8 Å². The van der Waals surface area contributed by atoms with Crippen LogP contribution >= 0.6 is 0 Å². The number of anilines is 1. The number of hydrogen-bond donors (Lipinski definition) is 2. The molecule has 3 aromatic rings. The number of aromatic nitrogens is 1. The highest BCUT2D eigenvalue weighted by Crippen LogP contribution is 2.17. The quantitative estimate of drug-likeness (QED) is 0.483. The molecule has 1 aromatic heterocycles. The summed E-state index contributed by atoms with van der Waals surface area (Å²) < 4.78 is 0. The molecule has 0 aliphatic rings. The summed E-state index contributed by atoms with van der Waals surface area (Å²) in [5, 5.41) is 6.11. The van der Waals surface area contributed by atoms with E-state index in [0.29, 0.717) is 24.0 Å². The van der Waals surface area contributed by atoms with Gasteiger partial charge in [-0.3, -0.25) is 15.1 Å². The van der Waals surface area contributed by atoms with Gasteiger partial charge in [0, 0.05) is 23.6 Å². The molecule has 148 valence electrons. The molecule has 0 saturated heterocycles. The Morgan fingerprint density at radius 3 is 2.38 bits per heavy atom. The smallest absolute Gasteiger partial charge is 0.257 e. The summed E-state index contributed by atoms with van der Waals surface area (Å²) in [6.45, 7) is 6.72. The lowest BCUT2D eigenvalue weighted by Gasteiger charge is -2.13. The van der Waals surface area contributed by atoms with Gasteiger partial charge in [-0.15, -0.1) is 0 Å². The van der Waals surface area contributed by atoms with Gasteiger partial charge in [-0.1, -0.05) is 49.7 Å². The van der Waals surface area contributed by atoms with E-state index in [4.69, 9.17) is 0 Å². The Balaban J connectivity index is 1.78. The van der Waals surface area contributed by atoms with Crippen LogP contribution in [0.4, 0.5) is 5.69 Å². The summed E-state index contributed by atoms with van der Waals surface area (Å²) in [5.74, 6) is 0.655. The van der Waals surface area contributed by atoms with Gasteiger partial charge in [-0.25, -0.2) is 4.99 Å². The number of carbonyl (C=O) groups excluding carboxylic acids is 1. The lowest BCUT2D eigenvalue weighted by Crippen LogP contribution is -2.36. The lowest BCUT2D eigenvalue weighted by atomic mass is 10.0. The van der Waals surface area contributed by atoms with E-state index in [1.54, 1.807) is 24.5 Å². The normalized spacial score (nSPS) is 11.4. The fourth-order valence-electron chi connectivity index (χ4n) is 2.75. The fourth-order valence-corrected chi connectivity index (χ4v) is 2.75. The van der Waals surface area contributed by atoms with Crippen molar-refractivity contribution in [3.63, 3.8) is 0 Å². The van der Waals surface area contributed by atoms with Crippen LogP contribution in [0.1, 0.15) is 46.8 Å². The van der Waals surface area contributed by atoms with Gasteiger partial charge >= 0.3 is 0 Å². The molecule has 29 heavy (non-hydrogen) atoms. The maximum atomic E-state index is 12.7. The Labute approximate surface area is 171 Å². The number of aliphatic imine (C=N–C) groups is 1. The molecule has 0 bridgehead atoms. The second kappa shape index (κ2) is 9.64. The molecular weight excluding hydrogens is 360 g/mol. The average Bonchev–Trinajstić information content (AvgIpc) is 2.73. The summed E-state index contributed by atoms with van der Waals surface area (Å²) >= 11 is 0. The highest BCUT2D eigenvalue weighted by atomic mass is 16.1. The molecule has 5 nitrogen and oxygen atoms in total. The van der Waals surface area contributed by atoms with Crippen molar-refractivity contribution in [2.75, 3.05) is 5.32 Å². The Morgan fingerprint density at radius 1 is 1.03 bits per heavy atom. The molecule has 0 aliphatic carbocycles. The highest BCUT2D eigenvalue weighted by molar-refractivity contribution is 6.09. The number of amides is 1. The third-order valence-electron chi connectivity index (χ3n) is 4.53. The van der Waals surface area contributed by atoms with Crippen molar-refractivity contribution >= 4 is 17.6 Å². The Hall–Kier alpha value is -3.47. The molecule has 0 fully saturated rings. The molecule has 0 atom stereocenters. The molecule has 3 rings (SSSR count). The molecule has 2 N–H and O–H groups in total. The summed E-state index contributed by atoms with van der Waals surface area (Å²) in [4.78, 5) is 21.3. The SMILES string of the molecule is Cc1ccc(C(=O)NC(=NCc2cccnc2)Nc2ccc(C(C)C)cc2)cc1. The number of aryl methyl sites for hydroxylation is 1. The fraction of sp³-hybridized carbons (Fsp3) is 0.208. The minimum atomic E-state index is -0.207. The van der Waals surface area contributed by atoms with Crippen molar-refractivity contribution in [3.8, 4) is 0 Å². The van der Waals surface area contributed by atoms with E-state index in [-0.39, 0.29) is 5.91 Å². The van der Waals surface area contributed by atoms with Crippen molar-refractivity contribution in [1.82, 2.24) is 10.3 Å². The van der Waals surface area contributed by atoms with Gasteiger partial charge < -0.3 is 5.32 Å².